The average Bonchev–Trinajstić information content (AvgIpc) is 3.53. The van der Waals surface area contributed by atoms with Gasteiger partial charge in [-0.2, -0.15) is 5.10 Å². The van der Waals surface area contributed by atoms with E-state index < -0.39 is 0 Å². The number of aromatic amines is 1. The SMILES string of the molecule is C[C@@H]1OCC2(CCN(c3nc4[nH]nc(-c5ccc6occc6c5)c4nc3CO)CC2)[C@@H]1N. The first-order valence-corrected chi connectivity index (χ1v) is 11.0. The molecule has 0 aliphatic carbocycles. The number of aliphatic hydroxyl groups excluding tert-OH is 1. The fourth-order valence-electron chi connectivity index (χ4n) is 5.18. The molecule has 9 heteroatoms. The Hall–Kier alpha value is -3.01. The predicted octanol–water partition coefficient (Wildman–Crippen LogP) is 2.59. The molecule has 6 rings (SSSR count). The molecule has 2 atom stereocenters. The molecule has 0 unspecified atom stereocenters. The molecule has 3 aromatic heterocycles. The van der Waals surface area contributed by atoms with Gasteiger partial charge in [0.05, 0.1) is 25.6 Å². The zero-order chi connectivity index (χ0) is 21.9. The lowest BCUT2D eigenvalue weighted by Crippen LogP contribution is -2.51. The smallest absolute Gasteiger partial charge is 0.177 e. The Labute approximate surface area is 184 Å². The molecule has 2 fully saturated rings. The van der Waals surface area contributed by atoms with E-state index in [1.807, 2.05) is 24.3 Å². The summed E-state index contributed by atoms with van der Waals surface area (Å²) < 4.78 is 11.3. The average molecular weight is 435 g/mol. The van der Waals surface area contributed by atoms with Gasteiger partial charge in [0.1, 0.15) is 22.5 Å². The molecule has 0 saturated carbocycles. The summed E-state index contributed by atoms with van der Waals surface area (Å²) in [5.74, 6) is 0.705. The number of hydrogen-bond donors (Lipinski definition) is 3. The first-order valence-electron chi connectivity index (χ1n) is 11.0. The van der Waals surface area contributed by atoms with Crippen molar-refractivity contribution in [2.75, 3.05) is 24.6 Å². The number of aromatic nitrogens is 4. The molecule has 166 valence electrons. The number of aliphatic hydroxyl groups is 1. The van der Waals surface area contributed by atoms with Gasteiger partial charge in [-0.25, -0.2) is 9.97 Å². The molecule has 0 amide bonds. The van der Waals surface area contributed by atoms with Gasteiger partial charge in [0, 0.05) is 35.5 Å². The summed E-state index contributed by atoms with van der Waals surface area (Å²) in [6.45, 7) is 4.18. The zero-order valence-corrected chi connectivity index (χ0v) is 17.9. The molecular formula is C23H26N6O3. The van der Waals surface area contributed by atoms with E-state index >= 15 is 0 Å². The number of rotatable bonds is 3. The standard InChI is InChI=1S/C23H26N6O3/c1-13-20(24)23(12-32-13)5-7-29(8-6-23)22-16(11-30)25-19-18(27-28-21(19)26-22)15-2-3-17-14(10-15)4-9-31-17/h2-4,9-10,13,20,30H,5-8,11-12,24H2,1H3,(H,26,27,28)/t13-,20+/m0/s1. The summed E-state index contributed by atoms with van der Waals surface area (Å²) in [5.41, 5.74) is 10.7. The van der Waals surface area contributed by atoms with Crippen LogP contribution >= 0.6 is 0 Å². The number of furan rings is 1. The normalized spacial score (nSPS) is 23.0. The molecule has 2 aliphatic heterocycles. The van der Waals surface area contributed by atoms with E-state index in [-0.39, 0.29) is 24.2 Å². The molecule has 1 spiro atoms. The summed E-state index contributed by atoms with van der Waals surface area (Å²) >= 11 is 0. The monoisotopic (exact) mass is 434 g/mol. The van der Waals surface area contributed by atoms with Crippen molar-refractivity contribution in [2.24, 2.45) is 11.1 Å². The van der Waals surface area contributed by atoms with Gasteiger partial charge in [0.25, 0.3) is 0 Å². The van der Waals surface area contributed by atoms with Crippen LogP contribution in [0.1, 0.15) is 25.5 Å². The number of piperidine rings is 1. The second-order valence-corrected chi connectivity index (χ2v) is 8.99. The first-order chi connectivity index (χ1) is 15.6. The highest BCUT2D eigenvalue weighted by Crippen LogP contribution is 2.42. The van der Waals surface area contributed by atoms with E-state index in [9.17, 15) is 5.11 Å². The highest BCUT2D eigenvalue weighted by molar-refractivity contribution is 5.92. The topological polar surface area (TPSA) is 126 Å². The predicted molar refractivity (Wildman–Crippen MR) is 120 cm³/mol. The van der Waals surface area contributed by atoms with Crippen LogP contribution in [0.15, 0.2) is 34.9 Å². The van der Waals surface area contributed by atoms with E-state index in [0.717, 1.165) is 42.5 Å². The molecule has 9 nitrogen and oxygen atoms in total. The van der Waals surface area contributed by atoms with Crippen LogP contribution in [0.25, 0.3) is 33.4 Å². The molecule has 32 heavy (non-hydrogen) atoms. The van der Waals surface area contributed by atoms with Crippen LogP contribution in [0.3, 0.4) is 0 Å². The van der Waals surface area contributed by atoms with E-state index in [0.29, 0.717) is 35.0 Å². The Bertz CT molecular complexity index is 1290. The maximum Gasteiger partial charge on any atom is 0.177 e. The fourth-order valence-corrected chi connectivity index (χ4v) is 5.18. The van der Waals surface area contributed by atoms with Crippen molar-refractivity contribution >= 4 is 28.0 Å². The Morgan fingerprint density at radius 1 is 1.25 bits per heavy atom. The molecule has 0 radical (unpaired) electrons. The van der Waals surface area contributed by atoms with Gasteiger partial charge >= 0.3 is 0 Å². The van der Waals surface area contributed by atoms with Crippen molar-refractivity contribution in [3.8, 4) is 11.3 Å². The van der Waals surface area contributed by atoms with E-state index in [2.05, 4.69) is 22.0 Å². The van der Waals surface area contributed by atoms with Crippen LogP contribution < -0.4 is 10.6 Å². The van der Waals surface area contributed by atoms with E-state index in [4.69, 9.17) is 24.9 Å². The quantitative estimate of drug-likeness (QED) is 0.449. The third-order valence-electron chi connectivity index (χ3n) is 7.23. The lowest BCUT2D eigenvalue weighted by atomic mass is 9.73. The number of nitrogens with zero attached hydrogens (tertiary/aromatic N) is 4. The lowest BCUT2D eigenvalue weighted by Gasteiger charge is -2.41. The molecule has 5 heterocycles. The van der Waals surface area contributed by atoms with Crippen molar-refractivity contribution in [1.29, 1.82) is 0 Å². The highest BCUT2D eigenvalue weighted by Gasteiger charge is 2.47. The number of nitrogens with two attached hydrogens (primary N) is 1. The molecule has 2 aliphatic rings. The summed E-state index contributed by atoms with van der Waals surface area (Å²) in [5, 5.41) is 18.6. The van der Waals surface area contributed by atoms with Gasteiger partial charge in [-0.15, -0.1) is 0 Å². The number of hydrogen-bond acceptors (Lipinski definition) is 8. The summed E-state index contributed by atoms with van der Waals surface area (Å²) in [7, 11) is 0. The molecule has 4 aromatic rings. The molecule has 1 aromatic carbocycles. The van der Waals surface area contributed by atoms with Crippen LogP contribution in [-0.4, -0.2) is 57.1 Å². The maximum atomic E-state index is 10.1. The highest BCUT2D eigenvalue weighted by atomic mass is 16.5. The third-order valence-corrected chi connectivity index (χ3v) is 7.23. The Morgan fingerprint density at radius 3 is 2.84 bits per heavy atom. The number of fused-ring (bicyclic) bond motifs is 2. The Kier molecular flexibility index (Phi) is 4.46. The van der Waals surface area contributed by atoms with Gasteiger partial charge in [-0.05, 0) is 44.0 Å². The van der Waals surface area contributed by atoms with Crippen LogP contribution in [0.2, 0.25) is 0 Å². The van der Waals surface area contributed by atoms with Gasteiger partial charge in [-0.3, -0.25) is 5.10 Å². The molecule has 0 bridgehead atoms. The van der Waals surface area contributed by atoms with Crippen LogP contribution in [0.4, 0.5) is 5.82 Å². The van der Waals surface area contributed by atoms with E-state index in [1.54, 1.807) is 6.26 Å². The van der Waals surface area contributed by atoms with Crippen molar-refractivity contribution < 1.29 is 14.3 Å². The van der Waals surface area contributed by atoms with E-state index in [1.165, 1.54) is 0 Å². The molecular weight excluding hydrogens is 408 g/mol. The maximum absolute atomic E-state index is 10.1. The number of anilines is 1. The summed E-state index contributed by atoms with van der Waals surface area (Å²) in [6, 6.07) is 7.86. The molecule has 4 N–H and O–H groups in total. The third kappa shape index (κ3) is 2.92. The van der Waals surface area contributed by atoms with Crippen LogP contribution in [0.5, 0.6) is 0 Å². The number of ether oxygens (including phenoxy) is 1. The number of benzene rings is 1. The summed E-state index contributed by atoms with van der Waals surface area (Å²) in [4.78, 5) is 11.8. The second-order valence-electron chi connectivity index (χ2n) is 8.99. The van der Waals surface area contributed by atoms with Crippen molar-refractivity contribution in [1.82, 2.24) is 20.2 Å². The van der Waals surface area contributed by atoms with Crippen LogP contribution in [-0.2, 0) is 11.3 Å². The second kappa shape index (κ2) is 7.26. The largest absolute Gasteiger partial charge is 0.464 e. The summed E-state index contributed by atoms with van der Waals surface area (Å²) in [6.07, 6.45) is 3.63. The molecule has 2 saturated heterocycles. The minimum absolute atomic E-state index is 0.0275. The van der Waals surface area contributed by atoms with Crippen LogP contribution in [0, 0.1) is 5.41 Å². The van der Waals surface area contributed by atoms with Gasteiger partial charge in [0.15, 0.2) is 11.5 Å². The zero-order valence-electron chi connectivity index (χ0n) is 17.9. The van der Waals surface area contributed by atoms with Crippen molar-refractivity contribution in [3.05, 3.63) is 36.2 Å². The number of H-pyrrole nitrogens is 1. The van der Waals surface area contributed by atoms with Gasteiger partial charge in [0.2, 0.25) is 0 Å². The first kappa shape index (κ1) is 19.7. The van der Waals surface area contributed by atoms with Crippen molar-refractivity contribution in [3.63, 3.8) is 0 Å². The Balaban J connectivity index is 1.33. The minimum Gasteiger partial charge on any atom is -0.464 e. The van der Waals surface area contributed by atoms with Gasteiger partial charge in [-0.1, -0.05) is 0 Å². The number of nitrogens with one attached hydrogen (secondary N) is 1. The Morgan fingerprint density at radius 2 is 2.09 bits per heavy atom. The minimum atomic E-state index is -0.190. The fraction of sp³-hybridized carbons (Fsp3) is 0.435. The lowest BCUT2D eigenvalue weighted by molar-refractivity contribution is 0.0973. The van der Waals surface area contributed by atoms with Gasteiger partial charge < -0.3 is 24.9 Å². The van der Waals surface area contributed by atoms with Crippen molar-refractivity contribution in [2.45, 2.75) is 38.5 Å².